The number of anilines is 1. The molecule has 0 fully saturated rings. The Labute approximate surface area is 124 Å². The lowest BCUT2D eigenvalue weighted by Crippen LogP contribution is -2.39. The van der Waals surface area contributed by atoms with Crippen molar-refractivity contribution in [2.75, 3.05) is 18.0 Å². The molecule has 1 unspecified atom stereocenters. The van der Waals surface area contributed by atoms with Crippen molar-refractivity contribution in [1.29, 1.82) is 0 Å². The molecule has 1 N–H and O–H groups in total. The summed E-state index contributed by atoms with van der Waals surface area (Å²) in [5, 5.41) is 3.57. The van der Waals surface area contributed by atoms with Gasteiger partial charge in [0, 0.05) is 23.8 Å². The van der Waals surface area contributed by atoms with Crippen LogP contribution in [0.25, 0.3) is 0 Å². The van der Waals surface area contributed by atoms with Crippen molar-refractivity contribution in [2.45, 2.75) is 65.0 Å². The first-order valence-electron chi connectivity index (χ1n) is 8.07. The van der Waals surface area contributed by atoms with Crippen molar-refractivity contribution < 1.29 is 0 Å². The van der Waals surface area contributed by atoms with Gasteiger partial charge >= 0.3 is 0 Å². The number of rotatable bonds is 5. The molecule has 0 radical (unpaired) electrons. The van der Waals surface area contributed by atoms with Gasteiger partial charge in [-0.1, -0.05) is 18.2 Å². The lowest BCUT2D eigenvalue weighted by molar-refractivity contribution is 0.417. The van der Waals surface area contributed by atoms with E-state index in [0.717, 1.165) is 6.54 Å². The number of fused-ring (bicyclic) bond motifs is 1. The molecule has 0 saturated heterocycles. The molecule has 2 rings (SSSR count). The van der Waals surface area contributed by atoms with E-state index in [1.54, 1.807) is 0 Å². The third-order valence-electron chi connectivity index (χ3n) is 4.15. The Bertz CT molecular complexity index is 420. The molecule has 2 nitrogen and oxygen atoms in total. The van der Waals surface area contributed by atoms with Crippen molar-refractivity contribution in [3.05, 3.63) is 29.8 Å². The molecule has 1 aliphatic rings. The van der Waals surface area contributed by atoms with Gasteiger partial charge in [-0.2, -0.15) is 0 Å². The Morgan fingerprint density at radius 2 is 1.95 bits per heavy atom. The monoisotopic (exact) mass is 274 g/mol. The lowest BCUT2D eigenvalue weighted by atomic mass is 9.96. The molecule has 1 aromatic rings. The summed E-state index contributed by atoms with van der Waals surface area (Å²) in [6.07, 6.45) is 5.04. The van der Waals surface area contributed by atoms with Gasteiger partial charge in [-0.15, -0.1) is 0 Å². The minimum Gasteiger partial charge on any atom is -0.369 e. The zero-order chi connectivity index (χ0) is 14.6. The van der Waals surface area contributed by atoms with Gasteiger partial charge in [0.25, 0.3) is 0 Å². The second kappa shape index (κ2) is 6.62. The number of benzene rings is 1. The molecular formula is C18H30N2. The Balaban J connectivity index is 1.83. The topological polar surface area (TPSA) is 15.3 Å². The third kappa shape index (κ3) is 4.24. The van der Waals surface area contributed by atoms with Crippen LogP contribution >= 0.6 is 0 Å². The van der Waals surface area contributed by atoms with Gasteiger partial charge in [-0.3, -0.25) is 0 Å². The van der Waals surface area contributed by atoms with Crippen molar-refractivity contribution in [3.8, 4) is 0 Å². The average molecular weight is 274 g/mol. The summed E-state index contributed by atoms with van der Waals surface area (Å²) in [7, 11) is 0. The van der Waals surface area contributed by atoms with Crippen LogP contribution in [0.4, 0.5) is 5.69 Å². The summed E-state index contributed by atoms with van der Waals surface area (Å²) in [5.74, 6) is 0. The van der Waals surface area contributed by atoms with Gasteiger partial charge in [0.05, 0.1) is 0 Å². The van der Waals surface area contributed by atoms with Gasteiger partial charge in [0.1, 0.15) is 0 Å². The summed E-state index contributed by atoms with van der Waals surface area (Å²) in [6, 6.07) is 9.60. The molecule has 1 aromatic carbocycles. The molecule has 0 aliphatic carbocycles. The van der Waals surface area contributed by atoms with E-state index in [1.165, 1.54) is 43.5 Å². The molecule has 20 heavy (non-hydrogen) atoms. The Hall–Kier alpha value is -1.02. The fraction of sp³-hybridized carbons (Fsp3) is 0.667. The van der Waals surface area contributed by atoms with Gasteiger partial charge in [-0.05, 0) is 71.6 Å². The SMILES string of the molecule is CC1CCc2ccccc2N1CCCCNC(C)(C)C. The van der Waals surface area contributed by atoms with E-state index in [0.29, 0.717) is 6.04 Å². The molecule has 1 atom stereocenters. The molecule has 0 aromatic heterocycles. The molecule has 0 spiro atoms. The smallest absolute Gasteiger partial charge is 0.0401 e. The molecule has 0 bridgehead atoms. The van der Waals surface area contributed by atoms with Crippen LogP contribution in [0.15, 0.2) is 24.3 Å². The average Bonchev–Trinajstić information content (AvgIpc) is 2.39. The predicted octanol–water partition coefficient (Wildman–Crippen LogP) is 4.00. The van der Waals surface area contributed by atoms with Crippen LogP contribution in [-0.2, 0) is 6.42 Å². The standard InChI is InChI=1S/C18H30N2/c1-15-11-12-16-9-5-6-10-17(16)20(15)14-8-7-13-19-18(2,3)4/h5-6,9-10,15,19H,7-8,11-14H2,1-4H3. The van der Waals surface area contributed by atoms with Gasteiger partial charge in [0.15, 0.2) is 0 Å². The minimum atomic E-state index is 0.241. The second-order valence-corrected chi connectivity index (χ2v) is 7.09. The van der Waals surface area contributed by atoms with E-state index in [2.05, 4.69) is 62.2 Å². The lowest BCUT2D eigenvalue weighted by Gasteiger charge is -2.37. The molecule has 0 amide bonds. The molecule has 1 aliphatic heterocycles. The van der Waals surface area contributed by atoms with E-state index < -0.39 is 0 Å². The summed E-state index contributed by atoms with van der Waals surface area (Å²) in [5.41, 5.74) is 3.24. The highest BCUT2D eigenvalue weighted by molar-refractivity contribution is 5.56. The number of hydrogen-bond donors (Lipinski definition) is 1. The Morgan fingerprint density at radius 3 is 2.70 bits per heavy atom. The van der Waals surface area contributed by atoms with E-state index >= 15 is 0 Å². The van der Waals surface area contributed by atoms with Crippen LogP contribution in [0, 0.1) is 0 Å². The Kier molecular flexibility index (Phi) is 5.09. The first-order chi connectivity index (χ1) is 9.47. The quantitative estimate of drug-likeness (QED) is 0.817. The second-order valence-electron chi connectivity index (χ2n) is 7.09. The fourth-order valence-electron chi connectivity index (χ4n) is 2.97. The van der Waals surface area contributed by atoms with Crippen molar-refractivity contribution in [1.82, 2.24) is 5.32 Å². The zero-order valence-electron chi connectivity index (χ0n) is 13.6. The highest BCUT2D eigenvalue weighted by Gasteiger charge is 2.21. The van der Waals surface area contributed by atoms with Crippen LogP contribution in [0.3, 0.4) is 0 Å². The summed E-state index contributed by atoms with van der Waals surface area (Å²) in [6.45, 7) is 11.4. The van der Waals surface area contributed by atoms with Crippen LogP contribution in [0.5, 0.6) is 0 Å². The first-order valence-corrected chi connectivity index (χ1v) is 8.07. The number of nitrogens with zero attached hydrogens (tertiary/aromatic N) is 1. The number of para-hydroxylation sites is 1. The minimum absolute atomic E-state index is 0.241. The number of hydrogen-bond acceptors (Lipinski definition) is 2. The Morgan fingerprint density at radius 1 is 1.20 bits per heavy atom. The van der Waals surface area contributed by atoms with Crippen molar-refractivity contribution in [3.63, 3.8) is 0 Å². The fourth-order valence-corrected chi connectivity index (χ4v) is 2.97. The maximum absolute atomic E-state index is 3.57. The van der Waals surface area contributed by atoms with E-state index in [9.17, 15) is 0 Å². The highest BCUT2D eigenvalue weighted by atomic mass is 15.2. The summed E-state index contributed by atoms with van der Waals surface area (Å²) in [4.78, 5) is 2.61. The largest absolute Gasteiger partial charge is 0.369 e. The van der Waals surface area contributed by atoms with Crippen molar-refractivity contribution >= 4 is 5.69 Å². The van der Waals surface area contributed by atoms with Crippen LogP contribution < -0.4 is 10.2 Å². The first kappa shape index (κ1) is 15.4. The molecule has 2 heteroatoms. The van der Waals surface area contributed by atoms with Crippen molar-refractivity contribution in [2.24, 2.45) is 0 Å². The number of nitrogens with one attached hydrogen (secondary N) is 1. The summed E-state index contributed by atoms with van der Waals surface area (Å²) < 4.78 is 0. The molecule has 1 heterocycles. The van der Waals surface area contributed by atoms with E-state index in [4.69, 9.17) is 0 Å². The molecule has 112 valence electrons. The maximum Gasteiger partial charge on any atom is 0.0401 e. The molecular weight excluding hydrogens is 244 g/mol. The summed E-state index contributed by atoms with van der Waals surface area (Å²) >= 11 is 0. The number of aryl methyl sites for hydroxylation is 1. The van der Waals surface area contributed by atoms with Crippen LogP contribution in [0.2, 0.25) is 0 Å². The molecule has 0 saturated carbocycles. The van der Waals surface area contributed by atoms with Gasteiger partial charge < -0.3 is 10.2 Å². The maximum atomic E-state index is 3.57. The van der Waals surface area contributed by atoms with E-state index in [-0.39, 0.29) is 5.54 Å². The predicted molar refractivity (Wildman–Crippen MR) is 88.6 cm³/mol. The third-order valence-corrected chi connectivity index (χ3v) is 4.15. The van der Waals surface area contributed by atoms with Gasteiger partial charge in [-0.25, -0.2) is 0 Å². The normalized spacial score (nSPS) is 19.0. The zero-order valence-corrected chi connectivity index (χ0v) is 13.6. The van der Waals surface area contributed by atoms with Gasteiger partial charge in [0.2, 0.25) is 0 Å². The van der Waals surface area contributed by atoms with Crippen LogP contribution in [0.1, 0.15) is 52.5 Å². The highest BCUT2D eigenvalue weighted by Crippen LogP contribution is 2.30. The van der Waals surface area contributed by atoms with E-state index in [1.807, 2.05) is 0 Å². The number of unbranched alkanes of at least 4 members (excludes halogenated alkanes) is 1. The van der Waals surface area contributed by atoms with Crippen LogP contribution in [-0.4, -0.2) is 24.7 Å².